The Kier molecular flexibility index (Phi) is 7.22. The van der Waals surface area contributed by atoms with Crippen LogP contribution in [0.1, 0.15) is 30.9 Å². The second-order valence-corrected chi connectivity index (χ2v) is 8.35. The molecule has 1 aromatic rings. The highest BCUT2D eigenvalue weighted by atomic mass is 16.5. The molecule has 8 nitrogen and oxygen atoms in total. The maximum absolute atomic E-state index is 12.3. The molecule has 0 saturated carbocycles. The van der Waals surface area contributed by atoms with Crippen molar-refractivity contribution < 1.29 is 10.1 Å². The molecular weight excluding hydrogens is 392 g/mol. The van der Waals surface area contributed by atoms with Gasteiger partial charge in [-0.3, -0.25) is 15.1 Å². The standard InChI is InChI=1S/C23H32N6O2/c1-24-22-14-26-13-21(29-22)18-10-20(23(30)28-12-18)27-11-16-2-4-19(5-3-16)31-15-17-6-8-25-9-7-17/h2,4-5,10,12-14,16-17,21,24-25,27,29H,3,6-9,11,15H2,1H3,(H,28,30)/p+1. The third-order valence-electron chi connectivity index (χ3n) is 6.07. The minimum Gasteiger partial charge on any atom is -0.494 e. The van der Waals surface area contributed by atoms with Crippen molar-refractivity contribution in [3.8, 4) is 0 Å². The van der Waals surface area contributed by atoms with Gasteiger partial charge in [-0.2, -0.15) is 0 Å². The number of ether oxygens (including phenoxy) is 1. The first kappa shape index (κ1) is 21.4. The molecule has 2 aliphatic heterocycles. The molecular formula is C23H33N6O2+. The van der Waals surface area contributed by atoms with Crippen LogP contribution >= 0.6 is 0 Å². The van der Waals surface area contributed by atoms with Gasteiger partial charge in [0, 0.05) is 25.4 Å². The van der Waals surface area contributed by atoms with Crippen molar-refractivity contribution in [2.45, 2.75) is 25.3 Å². The Morgan fingerprint density at radius 2 is 2.19 bits per heavy atom. The molecule has 2 unspecified atom stereocenters. The molecule has 2 atom stereocenters. The molecule has 3 aliphatic rings. The number of pyridine rings is 1. The van der Waals surface area contributed by atoms with Gasteiger partial charge in [0.15, 0.2) is 6.04 Å². The molecule has 1 saturated heterocycles. The number of hydrogen-bond acceptors (Lipinski definition) is 6. The van der Waals surface area contributed by atoms with E-state index in [0.717, 1.165) is 43.3 Å². The first-order valence-corrected chi connectivity index (χ1v) is 11.2. The molecule has 0 amide bonds. The lowest BCUT2D eigenvalue weighted by atomic mass is 9.98. The van der Waals surface area contributed by atoms with Gasteiger partial charge in [0.1, 0.15) is 17.6 Å². The molecule has 1 aromatic heterocycles. The third-order valence-corrected chi connectivity index (χ3v) is 6.07. The number of hydrogen-bond donors (Lipinski definition) is 5. The average Bonchev–Trinajstić information content (AvgIpc) is 2.83. The van der Waals surface area contributed by atoms with Crippen LogP contribution in [0.2, 0.25) is 0 Å². The summed E-state index contributed by atoms with van der Waals surface area (Å²) in [6.45, 7) is 3.69. The summed E-state index contributed by atoms with van der Waals surface area (Å²) in [4.78, 5) is 19.4. The van der Waals surface area contributed by atoms with Crippen LogP contribution < -0.4 is 26.8 Å². The molecule has 8 heteroatoms. The highest BCUT2D eigenvalue weighted by Gasteiger charge is 2.19. The topological polar surface area (TPSA) is 107 Å². The zero-order valence-electron chi connectivity index (χ0n) is 18.1. The van der Waals surface area contributed by atoms with Gasteiger partial charge in [0.2, 0.25) is 5.82 Å². The summed E-state index contributed by atoms with van der Waals surface area (Å²) in [5.41, 5.74) is 1.48. The van der Waals surface area contributed by atoms with Gasteiger partial charge in [0.05, 0.1) is 12.8 Å². The Labute approximate surface area is 183 Å². The van der Waals surface area contributed by atoms with Gasteiger partial charge in [-0.1, -0.05) is 6.08 Å². The van der Waals surface area contributed by atoms with Crippen molar-refractivity contribution in [3.05, 3.63) is 64.2 Å². The number of H-pyrrole nitrogens is 1. The Morgan fingerprint density at radius 3 is 2.97 bits per heavy atom. The average molecular weight is 426 g/mol. The predicted octanol–water partition coefficient (Wildman–Crippen LogP) is 0.970. The third kappa shape index (κ3) is 5.86. The normalized spacial score (nSPS) is 23.8. The number of rotatable bonds is 8. The maximum Gasteiger partial charge on any atom is 0.271 e. The van der Waals surface area contributed by atoms with Gasteiger partial charge < -0.3 is 25.7 Å². The Balaban J connectivity index is 1.27. The molecule has 4 rings (SSSR count). The van der Waals surface area contributed by atoms with E-state index in [1.54, 1.807) is 12.4 Å². The lowest BCUT2D eigenvalue weighted by molar-refractivity contribution is -0.638. The number of aliphatic imine (C=N–C) groups is 1. The van der Waals surface area contributed by atoms with Gasteiger partial charge >= 0.3 is 0 Å². The van der Waals surface area contributed by atoms with Crippen molar-refractivity contribution in [1.29, 1.82) is 0 Å². The van der Waals surface area contributed by atoms with Crippen molar-refractivity contribution >= 4 is 11.9 Å². The fraction of sp³-hybridized carbons (Fsp3) is 0.478. The molecule has 1 aliphatic carbocycles. The molecule has 6 N–H and O–H groups in total. The Hall–Kier alpha value is -2.84. The summed E-state index contributed by atoms with van der Waals surface area (Å²) in [5, 5.41) is 11.9. The van der Waals surface area contributed by atoms with Crippen LogP contribution in [-0.4, -0.2) is 44.5 Å². The fourth-order valence-corrected chi connectivity index (χ4v) is 4.06. The number of anilines is 1. The zero-order chi connectivity index (χ0) is 21.5. The minimum atomic E-state index is -0.109. The first-order chi connectivity index (χ1) is 15.2. The molecule has 3 heterocycles. The summed E-state index contributed by atoms with van der Waals surface area (Å²) in [6, 6.07) is 1.95. The Morgan fingerprint density at radius 1 is 1.32 bits per heavy atom. The lowest BCUT2D eigenvalue weighted by Crippen LogP contribution is -2.86. The zero-order valence-corrected chi connectivity index (χ0v) is 18.1. The smallest absolute Gasteiger partial charge is 0.271 e. The van der Waals surface area contributed by atoms with Crippen LogP contribution in [0.25, 0.3) is 0 Å². The fourth-order valence-electron chi connectivity index (χ4n) is 4.06. The SMILES string of the molecule is CNC1=CN=CC(c2c[nH]c(=O)c(NCC3C=CC(OCC4CCNCC4)=CC3)c2)[NH2+]1. The summed E-state index contributed by atoms with van der Waals surface area (Å²) in [6.07, 6.45) is 15.1. The van der Waals surface area contributed by atoms with E-state index in [1.165, 1.54) is 12.8 Å². The van der Waals surface area contributed by atoms with E-state index in [1.807, 2.05) is 19.3 Å². The molecule has 0 bridgehead atoms. The quantitative estimate of drug-likeness (QED) is 0.427. The van der Waals surface area contributed by atoms with Crippen molar-refractivity contribution in [2.24, 2.45) is 16.8 Å². The van der Waals surface area contributed by atoms with E-state index in [9.17, 15) is 4.79 Å². The largest absolute Gasteiger partial charge is 0.494 e. The van der Waals surface area contributed by atoms with E-state index in [-0.39, 0.29) is 11.6 Å². The molecule has 31 heavy (non-hydrogen) atoms. The van der Waals surface area contributed by atoms with E-state index in [2.05, 4.69) is 49.5 Å². The summed E-state index contributed by atoms with van der Waals surface area (Å²) < 4.78 is 6.00. The maximum atomic E-state index is 12.3. The number of aromatic amines is 1. The number of quaternary nitrogens is 1. The van der Waals surface area contributed by atoms with Crippen molar-refractivity contribution in [2.75, 3.05) is 38.6 Å². The monoisotopic (exact) mass is 425 g/mol. The van der Waals surface area contributed by atoms with Crippen molar-refractivity contribution in [1.82, 2.24) is 15.6 Å². The highest BCUT2D eigenvalue weighted by Crippen LogP contribution is 2.20. The summed E-state index contributed by atoms with van der Waals surface area (Å²) >= 11 is 0. The van der Waals surface area contributed by atoms with Gasteiger partial charge in [-0.25, -0.2) is 0 Å². The molecule has 0 spiro atoms. The van der Waals surface area contributed by atoms with Crippen LogP contribution in [0, 0.1) is 11.8 Å². The number of piperidine rings is 1. The molecule has 0 radical (unpaired) electrons. The van der Waals surface area contributed by atoms with Crippen molar-refractivity contribution in [3.63, 3.8) is 0 Å². The highest BCUT2D eigenvalue weighted by molar-refractivity contribution is 5.67. The van der Waals surface area contributed by atoms with Crippen LogP contribution in [0.5, 0.6) is 0 Å². The summed E-state index contributed by atoms with van der Waals surface area (Å²) in [7, 11) is 1.87. The summed E-state index contributed by atoms with van der Waals surface area (Å²) in [5.74, 6) is 2.91. The van der Waals surface area contributed by atoms with Crippen LogP contribution in [0.3, 0.4) is 0 Å². The predicted molar refractivity (Wildman–Crippen MR) is 123 cm³/mol. The first-order valence-electron chi connectivity index (χ1n) is 11.2. The number of nitrogens with zero attached hydrogens (tertiary/aromatic N) is 1. The molecule has 0 aromatic carbocycles. The van der Waals surface area contributed by atoms with Crippen LogP contribution in [0.4, 0.5) is 5.69 Å². The van der Waals surface area contributed by atoms with Crippen LogP contribution in [0.15, 0.2) is 58.1 Å². The van der Waals surface area contributed by atoms with Gasteiger partial charge in [-0.15, -0.1) is 0 Å². The Bertz CT molecular complexity index is 926. The van der Waals surface area contributed by atoms with Crippen LogP contribution in [-0.2, 0) is 4.74 Å². The second-order valence-electron chi connectivity index (χ2n) is 8.35. The van der Waals surface area contributed by atoms with Gasteiger partial charge in [0.25, 0.3) is 5.56 Å². The van der Waals surface area contributed by atoms with E-state index in [4.69, 9.17) is 4.74 Å². The number of nitrogens with one attached hydrogen (secondary N) is 4. The van der Waals surface area contributed by atoms with E-state index >= 15 is 0 Å². The number of nitrogens with two attached hydrogens (primary N) is 1. The second kappa shape index (κ2) is 10.5. The molecule has 1 fully saturated rings. The number of aromatic nitrogens is 1. The number of allylic oxidation sites excluding steroid dienone is 2. The lowest BCUT2D eigenvalue weighted by Gasteiger charge is -2.24. The molecule has 166 valence electrons. The van der Waals surface area contributed by atoms with Gasteiger partial charge in [-0.05, 0) is 62.4 Å². The van der Waals surface area contributed by atoms with E-state index < -0.39 is 0 Å². The minimum absolute atomic E-state index is 0.0296. The van der Waals surface area contributed by atoms with E-state index in [0.29, 0.717) is 24.1 Å².